The highest BCUT2D eigenvalue weighted by atomic mass is 16.6. The van der Waals surface area contributed by atoms with E-state index in [1.54, 1.807) is 12.1 Å². The number of nitrogens with one attached hydrogen (secondary N) is 1. The molecule has 18 heavy (non-hydrogen) atoms. The van der Waals surface area contributed by atoms with Crippen molar-refractivity contribution >= 4 is 11.4 Å². The first kappa shape index (κ1) is 12.1. The lowest BCUT2D eigenvalue weighted by molar-refractivity contribution is -0.384. The normalized spacial score (nSPS) is 10.1. The van der Waals surface area contributed by atoms with Gasteiger partial charge in [-0.2, -0.15) is 0 Å². The number of rotatable bonds is 4. The van der Waals surface area contributed by atoms with Crippen molar-refractivity contribution in [2.75, 3.05) is 12.4 Å². The van der Waals surface area contributed by atoms with E-state index in [9.17, 15) is 10.1 Å². The van der Waals surface area contributed by atoms with E-state index in [2.05, 4.69) is 5.32 Å². The number of nitro groups is 1. The zero-order chi connectivity index (χ0) is 13.0. The zero-order valence-corrected chi connectivity index (χ0v) is 10.1. The minimum atomic E-state index is -0.383. The summed E-state index contributed by atoms with van der Waals surface area (Å²) in [5, 5.41) is 13.6. The molecule has 0 unspecified atom stereocenters. The van der Waals surface area contributed by atoms with Crippen LogP contribution in [0.5, 0.6) is 0 Å². The Hall–Kier alpha value is -2.36. The first-order valence-corrected chi connectivity index (χ1v) is 5.69. The number of non-ortho nitro benzene ring substituents is 1. The third-order valence-electron chi connectivity index (χ3n) is 2.80. The van der Waals surface area contributed by atoms with Crippen LogP contribution < -0.4 is 5.32 Å². The van der Waals surface area contributed by atoms with E-state index in [4.69, 9.17) is 0 Å². The lowest BCUT2D eigenvalue weighted by Crippen LogP contribution is -1.92. The second-order valence-electron chi connectivity index (χ2n) is 4.05. The molecular weight excluding hydrogens is 228 g/mol. The largest absolute Gasteiger partial charge is 0.388 e. The van der Waals surface area contributed by atoms with Crippen LogP contribution >= 0.6 is 0 Å². The maximum atomic E-state index is 10.5. The summed E-state index contributed by atoms with van der Waals surface area (Å²) in [6.07, 6.45) is 0.780. The van der Waals surface area contributed by atoms with Gasteiger partial charge in [0, 0.05) is 24.9 Å². The Morgan fingerprint density at radius 3 is 1.94 bits per heavy atom. The number of nitrogens with zero attached hydrogens (tertiary/aromatic N) is 1. The van der Waals surface area contributed by atoms with Gasteiger partial charge in [-0.1, -0.05) is 24.3 Å². The molecule has 0 aliphatic rings. The van der Waals surface area contributed by atoms with Crippen molar-refractivity contribution in [3.8, 4) is 0 Å². The average Bonchev–Trinajstić information content (AvgIpc) is 2.40. The third kappa shape index (κ3) is 2.85. The monoisotopic (exact) mass is 242 g/mol. The summed E-state index contributed by atoms with van der Waals surface area (Å²) in [4.78, 5) is 10.2. The quantitative estimate of drug-likeness (QED) is 0.661. The molecule has 92 valence electrons. The minimum Gasteiger partial charge on any atom is -0.388 e. The van der Waals surface area contributed by atoms with Gasteiger partial charge in [0.15, 0.2) is 0 Å². The lowest BCUT2D eigenvalue weighted by atomic mass is 10.0. The maximum Gasteiger partial charge on any atom is 0.269 e. The second kappa shape index (κ2) is 5.31. The summed E-state index contributed by atoms with van der Waals surface area (Å²) in [6.45, 7) is 0. The predicted molar refractivity (Wildman–Crippen MR) is 71.9 cm³/mol. The minimum absolute atomic E-state index is 0.129. The highest BCUT2D eigenvalue weighted by Crippen LogP contribution is 2.16. The highest BCUT2D eigenvalue weighted by Gasteiger charge is 2.04. The van der Waals surface area contributed by atoms with Crippen molar-refractivity contribution in [1.82, 2.24) is 0 Å². The third-order valence-corrected chi connectivity index (χ3v) is 2.80. The molecule has 2 aromatic rings. The van der Waals surface area contributed by atoms with E-state index >= 15 is 0 Å². The Kier molecular flexibility index (Phi) is 3.57. The molecule has 0 radical (unpaired) electrons. The van der Waals surface area contributed by atoms with Gasteiger partial charge in [-0.05, 0) is 29.7 Å². The molecule has 0 aliphatic heterocycles. The van der Waals surface area contributed by atoms with Crippen LogP contribution in [0.2, 0.25) is 0 Å². The number of benzene rings is 2. The fraction of sp³-hybridized carbons (Fsp3) is 0.143. The Morgan fingerprint density at radius 2 is 1.50 bits per heavy atom. The molecule has 0 atom stereocenters. The van der Waals surface area contributed by atoms with Crippen LogP contribution in [-0.4, -0.2) is 12.0 Å². The predicted octanol–water partition coefficient (Wildman–Crippen LogP) is 3.23. The van der Waals surface area contributed by atoms with Gasteiger partial charge in [0.05, 0.1) is 4.92 Å². The summed E-state index contributed by atoms with van der Waals surface area (Å²) >= 11 is 0. The summed E-state index contributed by atoms with van der Waals surface area (Å²) in [7, 11) is 1.88. The van der Waals surface area contributed by atoms with Gasteiger partial charge in [-0.3, -0.25) is 10.1 Å². The summed E-state index contributed by atoms with van der Waals surface area (Å²) in [5.41, 5.74) is 3.45. The second-order valence-corrected chi connectivity index (χ2v) is 4.05. The molecule has 2 rings (SSSR count). The van der Waals surface area contributed by atoms with Gasteiger partial charge < -0.3 is 5.32 Å². The van der Waals surface area contributed by atoms with Crippen LogP contribution in [-0.2, 0) is 6.42 Å². The van der Waals surface area contributed by atoms with E-state index in [-0.39, 0.29) is 10.6 Å². The SMILES string of the molecule is CNc1ccc(Cc2ccc([N+](=O)[O-])cc2)cc1. The molecular formula is C14H14N2O2. The van der Waals surface area contributed by atoms with Crippen LogP contribution in [0.15, 0.2) is 48.5 Å². The molecule has 0 bridgehead atoms. The van der Waals surface area contributed by atoms with Crippen LogP contribution in [0.3, 0.4) is 0 Å². The summed E-state index contributed by atoms with van der Waals surface area (Å²) in [6, 6.07) is 14.8. The smallest absolute Gasteiger partial charge is 0.269 e. The number of hydrogen-bond donors (Lipinski definition) is 1. The van der Waals surface area contributed by atoms with Gasteiger partial charge in [0.2, 0.25) is 0 Å². The summed E-state index contributed by atoms with van der Waals surface area (Å²) in [5.74, 6) is 0. The number of hydrogen-bond acceptors (Lipinski definition) is 3. The van der Waals surface area contributed by atoms with E-state index in [1.165, 1.54) is 17.7 Å². The zero-order valence-electron chi connectivity index (χ0n) is 10.1. The van der Waals surface area contributed by atoms with Gasteiger partial charge in [-0.25, -0.2) is 0 Å². The molecule has 2 aromatic carbocycles. The van der Waals surface area contributed by atoms with Gasteiger partial charge in [0.25, 0.3) is 5.69 Å². The summed E-state index contributed by atoms with van der Waals surface area (Å²) < 4.78 is 0. The number of anilines is 1. The lowest BCUT2D eigenvalue weighted by Gasteiger charge is -2.04. The molecule has 0 heterocycles. The fourth-order valence-electron chi connectivity index (χ4n) is 1.76. The van der Waals surface area contributed by atoms with E-state index < -0.39 is 0 Å². The molecule has 0 aliphatic carbocycles. The Balaban J connectivity index is 2.10. The Labute approximate surface area is 105 Å². The van der Waals surface area contributed by atoms with Crippen LogP contribution in [0.25, 0.3) is 0 Å². The molecule has 0 amide bonds. The molecule has 0 aromatic heterocycles. The van der Waals surface area contributed by atoms with Crippen molar-refractivity contribution in [3.63, 3.8) is 0 Å². The van der Waals surface area contributed by atoms with E-state index in [1.807, 2.05) is 31.3 Å². The standard InChI is InChI=1S/C14H14N2O2/c1-15-13-6-2-11(3-7-13)10-12-4-8-14(9-5-12)16(17)18/h2-9,15H,10H2,1H3. The van der Waals surface area contributed by atoms with E-state index in [0.29, 0.717) is 0 Å². The molecule has 0 spiro atoms. The molecule has 4 heteroatoms. The van der Waals surface area contributed by atoms with Gasteiger partial charge in [0.1, 0.15) is 0 Å². The molecule has 0 saturated carbocycles. The Bertz CT molecular complexity index is 533. The maximum absolute atomic E-state index is 10.5. The fourth-order valence-corrected chi connectivity index (χ4v) is 1.76. The van der Waals surface area contributed by atoms with Gasteiger partial charge >= 0.3 is 0 Å². The highest BCUT2D eigenvalue weighted by molar-refractivity contribution is 5.45. The van der Waals surface area contributed by atoms with E-state index in [0.717, 1.165) is 17.7 Å². The van der Waals surface area contributed by atoms with Crippen molar-refractivity contribution in [2.24, 2.45) is 0 Å². The first-order chi connectivity index (χ1) is 8.69. The van der Waals surface area contributed by atoms with Crippen molar-refractivity contribution in [1.29, 1.82) is 0 Å². The molecule has 1 N–H and O–H groups in total. The van der Waals surface area contributed by atoms with Crippen LogP contribution in [0.4, 0.5) is 11.4 Å². The van der Waals surface area contributed by atoms with Crippen LogP contribution in [0, 0.1) is 10.1 Å². The molecule has 0 fully saturated rings. The van der Waals surface area contributed by atoms with Crippen molar-refractivity contribution in [2.45, 2.75) is 6.42 Å². The van der Waals surface area contributed by atoms with Crippen molar-refractivity contribution in [3.05, 3.63) is 69.8 Å². The number of nitro benzene ring substituents is 1. The average molecular weight is 242 g/mol. The first-order valence-electron chi connectivity index (χ1n) is 5.69. The molecule has 0 saturated heterocycles. The Morgan fingerprint density at radius 1 is 1.00 bits per heavy atom. The van der Waals surface area contributed by atoms with Gasteiger partial charge in [-0.15, -0.1) is 0 Å². The van der Waals surface area contributed by atoms with Crippen molar-refractivity contribution < 1.29 is 4.92 Å². The molecule has 4 nitrogen and oxygen atoms in total. The van der Waals surface area contributed by atoms with Crippen LogP contribution in [0.1, 0.15) is 11.1 Å². The topological polar surface area (TPSA) is 55.2 Å².